The zero-order valence-corrected chi connectivity index (χ0v) is 14.4. The summed E-state index contributed by atoms with van der Waals surface area (Å²) in [5, 5.41) is 6.13. The zero-order valence-electron chi connectivity index (χ0n) is 13.6. The molecule has 0 atom stereocenters. The van der Waals surface area contributed by atoms with E-state index in [9.17, 15) is 9.18 Å². The van der Waals surface area contributed by atoms with Crippen molar-refractivity contribution >= 4 is 17.2 Å². The Kier molecular flexibility index (Phi) is 5.91. The average molecular weight is 347 g/mol. The van der Waals surface area contributed by atoms with Gasteiger partial charge in [-0.2, -0.15) is 0 Å². The fourth-order valence-electron chi connectivity index (χ4n) is 3.07. The Hall–Kier alpha value is -1.82. The zero-order chi connectivity index (χ0) is 16.8. The maximum Gasteiger partial charge on any atom is 0.226 e. The second-order valence-electron chi connectivity index (χ2n) is 6.25. The van der Waals surface area contributed by atoms with E-state index in [1.165, 1.54) is 49.9 Å². The van der Waals surface area contributed by atoms with Crippen LogP contribution in [0.5, 0.6) is 0 Å². The third kappa shape index (κ3) is 4.84. The van der Waals surface area contributed by atoms with Crippen LogP contribution in [0.4, 0.5) is 4.39 Å². The summed E-state index contributed by atoms with van der Waals surface area (Å²) < 4.78 is 12.8. The molecule has 6 heteroatoms. The normalized spacial score (nSPS) is 15.4. The number of pyridine rings is 1. The molecular weight excluding hydrogens is 325 g/mol. The van der Waals surface area contributed by atoms with Gasteiger partial charge in [-0.1, -0.05) is 19.3 Å². The highest BCUT2D eigenvalue weighted by atomic mass is 32.1. The highest BCUT2D eigenvalue weighted by Crippen LogP contribution is 2.33. The first kappa shape index (κ1) is 17.0. The first-order valence-corrected chi connectivity index (χ1v) is 9.40. The number of halogens is 1. The molecule has 0 unspecified atom stereocenters. The SMILES string of the molecule is O=C(Cc1ccc(F)cn1)NCCc1nc(C2CCCCC2)cs1. The Balaban J connectivity index is 1.42. The van der Waals surface area contributed by atoms with Gasteiger partial charge in [0.1, 0.15) is 5.82 Å². The lowest BCUT2D eigenvalue weighted by atomic mass is 9.87. The summed E-state index contributed by atoms with van der Waals surface area (Å²) in [4.78, 5) is 20.5. The van der Waals surface area contributed by atoms with Gasteiger partial charge in [0.05, 0.1) is 23.3 Å². The summed E-state index contributed by atoms with van der Waals surface area (Å²) in [5.74, 6) is 0.137. The summed E-state index contributed by atoms with van der Waals surface area (Å²) in [6.45, 7) is 0.567. The molecule has 1 saturated carbocycles. The first-order chi connectivity index (χ1) is 11.7. The Bertz CT molecular complexity index is 665. The summed E-state index contributed by atoms with van der Waals surface area (Å²) in [7, 11) is 0. The smallest absolute Gasteiger partial charge is 0.226 e. The van der Waals surface area contributed by atoms with Crippen molar-refractivity contribution < 1.29 is 9.18 Å². The number of amides is 1. The maximum absolute atomic E-state index is 12.8. The average Bonchev–Trinajstić information content (AvgIpc) is 3.07. The van der Waals surface area contributed by atoms with Crippen LogP contribution in [0, 0.1) is 5.82 Å². The van der Waals surface area contributed by atoms with Gasteiger partial charge in [0.2, 0.25) is 5.91 Å². The highest BCUT2D eigenvalue weighted by Gasteiger charge is 2.18. The van der Waals surface area contributed by atoms with E-state index in [2.05, 4.69) is 15.7 Å². The van der Waals surface area contributed by atoms with Crippen molar-refractivity contribution in [2.24, 2.45) is 0 Å². The van der Waals surface area contributed by atoms with Crippen LogP contribution in [0.3, 0.4) is 0 Å². The number of hydrogen-bond acceptors (Lipinski definition) is 4. The van der Waals surface area contributed by atoms with Crippen LogP contribution in [0.2, 0.25) is 0 Å². The molecule has 0 bridgehead atoms. The molecule has 1 aliphatic rings. The fraction of sp³-hybridized carbons (Fsp3) is 0.500. The Labute approximate surface area is 145 Å². The van der Waals surface area contributed by atoms with Crippen molar-refractivity contribution in [2.75, 3.05) is 6.54 Å². The first-order valence-electron chi connectivity index (χ1n) is 8.52. The minimum Gasteiger partial charge on any atom is -0.355 e. The molecule has 2 aromatic rings. The quantitative estimate of drug-likeness (QED) is 0.868. The number of nitrogens with zero attached hydrogens (tertiary/aromatic N) is 2. The predicted molar refractivity (Wildman–Crippen MR) is 92.6 cm³/mol. The van der Waals surface area contributed by atoms with Gasteiger partial charge in [-0.15, -0.1) is 11.3 Å². The van der Waals surface area contributed by atoms with Crippen molar-refractivity contribution in [1.82, 2.24) is 15.3 Å². The van der Waals surface area contributed by atoms with Crippen LogP contribution >= 0.6 is 11.3 Å². The molecule has 1 N–H and O–H groups in total. The van der Waals surface area contributed by atoms with Gasteiger partial charge in [0.25, 0.3) is 0 Å². The fourth-order valence-corrected chi connectivity index (χ4v) is 3.95. The lowest BCUT2D eigenvalue weighted by Gasteiger charge is -2.19. The Morgan fingerprint density at radius 1 is 1.29 bits per heavy atom. The van der Waals surface area contributed by atoms with Gasteiger partial charge in [-0.3, -0.25) is 9.78 Å². The molecule has 1 fully saturated rings. The highest BCUT2D eigenvalue weighted by molar-refractivity contribution is 7.09. The molecule has 0 aliphatic heterocycles. The van der Waals surface area contributed by atoms with Crippen LogP contribution < -0.4 is 5.32 Å². The van der Waals surface area contributed by atoms with Crippen LogP contribution in [-0.2, 0) is 17.6 Å². The van der Waals surface area contributed by atoms with Crippen LogP contribution in [0.1, 0.15) is 54.4 Å². The van der Waals surface area contributed by atoms with E-state index in [0.717, 1.165) is 17.6 Å². The molecule has 3 rings (SSSR count). The third-order valence-electron chi connectivity index (χ3n) is 4.38. The van der Waals surface area contributed by atoms with E-state index in [0.29, 0.717) is 18.2 Å². The summed E-state index contributed by atoms with van der Waals surface area (Å²) in [6, 6.07) is 2.85. The summed E-state index contributed by atoms with van der Waals surface area (Å²) in [6.07, 6.45) is 8.53. The summed E-state index contributed by atoms with van der Waals surface area (Å²) in [5.41, 5.74) is 1.80. The van der Waals surface area contributed by atoms with Crippen LogP contribution in [0.25, 0.3) is 0 Å². The molecule has 128 valence electrons. The monoisotopic (exact) mass is 347 g/mol. The van der Waals surface area contributed by atoms with Crippen molar-refractivity contribution in [3.63, 3.8) is 0 Å². The van der Waals surface area contributed by atoms with Crippen LogP contribution in [0.15, 0.2) is 23.7 Å². The van der Waals surface area contributed by atoms with Gasteiger partial charge in [-0.05, 0) is 25.0 Å². The molecule has 2 heterocycles. The van der Waals surface area contributed by atoms with Gasteiger partial charge in [0.15, 0.2) is 0 Å². The van der Waals surface area contributed by atoms with Gasteiger partial charge >= 0.3 is 0 Å². The number of nitrogens with one attached hydrogen (secondary N) is 1. The standard InChI is InChI=1S/C18H22FN3OS/c19-14-6-7-15(21-11-14)10-17(23)20-9-8-18-22-16(12-24-18)13-4-2-1-3-5-13/h6-7,11-13H,1-5,8-10H2,(H,20,23). The van der Waals surface area contributed by atoms with Crippen molar-refractivity contribution in [1.29, 1.82) is 0 Å². The van der Waals surface area contributed by atoms with E-state index in [1.807, 2.05) is 0 Å². The molecule has 0 saturated heterocycles. The molecule has 1 amide bonds. The summed E-state index contributed by atoms with van der Waals surface area (Å²) >= 11 is 1.68. The lowest BCUT2D eigenvalue weighted by Crippen LogP contribution is -2.27. The molecule has 0 spiro atoms. The van der Waals surface area contributed by atoms with Crippen LogP contribution in [-0.4, -0.2) is 22.4 Å². The molecule has 4 nitrogen and oxygen atoms in total. The largest absolute Gasteiger partial charge is 0.355 e. The Morgan fingerprint density at radius 2 is 2.12 bits per heavy atom. The third-order valence-corrected chi connectivity index (χ3v) is 5.31. The minimum atomic E-state index is -0.392. The minimum absolute atomic E-state index is 0.0989. The molecule has 1 aliphatic carbocycles. The number of hydrogen-bond donors (Lipinski definition) is 1. The van der Waals surface area contributed by atoms with Gasteiger partial charge in [0, 0.05) is 30.0 Å². The molecule has 0 radical (unpaired) electrons. The lowest BCUT2D eigenvalue weighted by molar-refractivity contribution is -0.120. The predicted octanol–water partition coefficient (Wildman–Crippen LogP) is 3.63. The van der Waals surface area contributed by atoms with Crippen molar-refractivity contribution in [3.05, 3.63) is 45.9 Å². The van der Waals surface area contributed by atoms with E-state index < -0.39 is 5.82 Å². The number of carbonyl (C=O) groups excluding carboxylic acids is 1. The molecular formula is C18H22FN3OS. The number of thiazole rings is 1. The van der Waals surface area contributed by atoms with E-state index in [1.54, 1.807) is 11.3 Å². The van der Waals surface area contributed by atoms with E-state index in [4.69, 9.17) is 4.98 Å². The topological polar surface area (TPSA) is 54.9 Å². The van der Waals surface area contributed by atoms with Gasteiger partial charge < -0.3 is 5.32 Å². The number of rotatable bonds is 6. The second-order valence-corrected chi connectivity index (χ2v) is 7.19. The molecule has 24 heavy (non-hydrogen) atoms. The number of aromatic nitrogens is 2. The van der Waals surface area contributed by atoms with E-state index >= 15 is 0 Å². The maximum atomic E-state index is 12.8. The number of carbonyl (C=O) groups is 1. The van der Waals surface area contributed by atoms with Gasteiger partial charge in [-0.25, -0.2) is 9.37 Å². The van der Waals surface area contributed by atoms with Crippen molar-refractivity contribution in [3.8, 4) is 0 Å². The second kappa shape index (κ2) is 8.33. The van der Waals surface area contributed by atoms with E-state index in [-0.39, 0.29) is 12.3 Å². The Morgan fingerprint density at radius 3 is 2.88 bits per heavy atom. The van der Waals surface area contributed by atoms with Crippen molar-refractivity contribution in [2.45, 2.75) is 50.9 Å². The molecule has 0 aromatic carbocycles. The molecule has 2 aromatic heterocycles.